The molecule has 19 heavy (non-hydrogen) atoms. The molecule has 3 heteroatoms. The van der Waals surface area contributed by atoms with Crippen molar-refractivity contribution in [1.82, 2.24) is 15.3 Å². The zero-order valence-electron chi connectivity index (χ0n) is 12.1. The van der Waals surface area contributed by atoms with Crippen molar-refractivity contribution in [2.24, 2.45) is 0 Å². The molecule has 0 bridgehead atoms. The summed E-state index contributed by atoms with van der Waals surface area (Å²) in [5.41, 5.74) is 6.47. The molecular weight excluding hydrogens is 234 g/mol. The topological polar surface area (TPSA) is 37.8 Å². The van der Waals surface area contributed by atoms with E-state index in [2.05, 4.69) is 48.2 Å². The maximum absolute atomic E-state index is 4.35. The average Bonchev–Trinajstić information content (AvgIpc) is 2.39. The van der Waals surface area contributed by atoms with Crippen molar-refractivity contribution in [3.05, 3.63) is 58.7 Å². The quantitative estimate of drug-likeness (QED) is 0.913. The van der Waals surface area contributed by atoms with Crippen LogP contribution in [-0.2, 0) is 6.42 Å². The Balaban J connectivity index is 2.29. The SMILES string of the molecule is CNC(Cc1c(C)cc(C)cc1C)c1ccncn1. The highest BCUT2D eigenvalue weighted by molar-refractivity contribution is 5.38. The molecule has 1 atom stereocenters. The number of nitrogens with one attached hydrogen (secondary N) is 1. The summed E-state index contributed by atoms with van der Waals surface area (Å²) in [6.07, 6.45) is 4.35. The van der Waals surface area contributed by atoms with Gasteiger partial charge in [0.2, 0.25) is 0 Å². The van der Waals surface area contributed by atoms with Crippen LogP contribution < -0.4 is 5.32 Å². The molecule has 100 valence electrons. The molecule has 0 fully saturated rings. The maximum atomic E-state index is 4.35. The summed E-state index contributed by atoms with van der Waals surface area (Å²) in [6.45, 7) is 6.51. The number of hydrogen-bond donors (Lipinski definition) is 1. The maximum Gasteiger partial charge on any atom is 0.115 e. The zero-order valence-corrected chi connectivity index (χ0v) is 12.1. The van der Waals surface area contributed by atoms with Crippen LogP contribution >= 0.6 is 0 Å². The molecule has 1 heterocycles. The van der Waals surface area contributed by atoms with Crippen LogP contribution in [-0.4, -0.2) is 17.0 Å². The molecule has 2 aromatic rings. The van der Waals surface area contributed by atoms with Crippen LogP contribution in [0.25, 0.3) is 0 Å². The molecule has 1 unspecified atom stereocenters. The van der Waals surface area contributed by atoms with Crippen molar-refractivity contribution in [2.45, 2.75) is 33.2 Å². The van der Waals surface area contributed by atoms with Gasteiger partial charge in [-0.3, -0.25) is 0 Å². The van der Waals surface area contributed by atoms with Gasteiger partial charge in [-0.25, -0.2) is 9.97 Å². The lowest BCUT2D eigenvalue weighted by Gasteiger charge is -2.19. The standard InChI is InChI=1S/C16H21N3/c1-11-7-12(2)14(13(3)8-11)9-16(17-4)15-5-6-18-10-19-15/h5-8,10,16-17H,9H2,1-4H3. The summed E-state index contributed by atoms with van der Waals surface area (Å²) in [7, 11) is 1.98. The molecule has 0 saturated heterocycles. The second-order valence-corrected chi connectivity index (χ2v) is 5.06. The fourth-order valence-corrected chi connectivity index (χ4v) is 2.60. The molecule has 0 spiro atoms. The van der Waals surface area contributed by atoms with Crippen molar-refractivity contribution in [1.29, 1.82) is 0 Å². The summed E-state index contributed by atoms with van der Waals surface area (Å²) in [5.74, 6) is 0. The molecule has 0 aliphatic carbocycles. The highest BCUT2D eigenvalue weighted by Gasteiger charge is 2.14. The minimum Gasteiger partial charge on any atom is -0.311 e. The predicted molar refractivity (Wildman–Crippen MR) is 78.2 cm³/mol. The van der Waals surface area contributed by atoms with E-state index in [0.717, 1.165) is 12.1 Å². The third kappa shape index (κ3) is 3.18. The molecule has 0 aliphatic rings. The van der Waals surface area contributed by atoms with Gasteiger partial charge in [0.15, 0.2) is 0 Å². The first kappa shape index (κ1) is 13.7. The van der Waals surface area contributed by atoms with E-state index < -0.39 is 0 Å². The van der Waals surface area contributed by atoms with E-state index in [1.165, 1.54) is 22.3 Å². The van der Waals surface area contributed by atoms with Crippen LogP contribution in [0.1, 0.15) is 34.0 Å². The lowest BCUT2D eigenvalue weighted by atomic mass is 9.93. The van der Waals surface area contributed by atoms with E-state index in [4.69, 9.17) is 0 Å². The molecule has 0 amide bonds. The Kier molecular flexibility index (Phi) is 4.27. The number of hydrogen-bond acceptors (Lipinski definition) is 3. The molecule has 3 nitrogen and oxygen atoms in total. The van der Waals surface area contributed by atoms with Crippen LogP contribution in [0, 0.1) is 20.8 Å². The van der Waals surface area contributed by atoms with E-state index in [9.17, 15) is 0 Å². The van der Waals surface area contributed by atoms with Gasteiger partial charge in [0, 0.05) is 6.20 Å². The first-order valence-corrected chi connectivity index (χ1v) is 6.61. The van der Waals surface area contributed by atoms with Crippen molar-refractivity contribution in [2.75, 3.05) is 7.05 Å². The molecule has 1 N–H and O–H groups in total. The van der Waals surface area contributed by atoms with Crippen molar-refractivity contribution < 1.29 is 0 Å². The predicted octanol–water partition coefficient (Wildman–Crippen LogP) is 2.91. The Morgan fingerprint density at radius 2 is 1.84 bits per heavy atom. The molecule has 1 aromatic carbocycles. The Morgan fingerprint density at radius 1 is 1.16 bits per heavy atom. The molecule has 0 saturated carbocycles. The lowest BCUT2D eigenvalue weighted by molar-refractivity contribution is 0.571. The Labute approximate surface area is 115 Å². The first-order chi connectivity index (χ1) is 9.11. The summed E-state index contributed by atoms with van der Waals surface area (Å²) < 4.78 is 0. The van der Waals surface area contributed by atoms with E-state index in [1.807, 2.05) is 13.1 Å². The van der Waals surface area contributed by atoms with Crippen LogP contribution in [0.2, 0.25) is 0 Å². The average molecular weight is 255 g/mol. The Morgan fingerprint density at radius 3 is 2.37 bits per heavy atom. The van der Waals surface area contributed by atoms with Crippen LogP contribution in [0.15, 0.2) is 30.7 Å². The summed E-state index contributed by atoms with van der Waals surface area (Å²) in [5, 5.41) is 3.35. The fourth-order valence-electron chi connectivity index (χ4n) is 2.60. The monoisotopic (exact) mass is 255 g/mol. The van der Waals surface area contributed by atoms with Gasteiger partial charge in [0.1, 0.15) is 6.33 Å². The summed E-state index contributed by atoms with van der Waals surface area (Å²) in [6, 6.07) is 6.69. The summed E-state index contributed by atoms with van der Waals surface area (Å²) in [4.78, 5) is 8.33. The normalized spacial score (nSPS) is 12.4. The van der Waals surface area contributed by atoms with Crippen LogP contribution in [0.4, 0.5) is 0 Å². The molecule has 0 aliphatic heterocycles. The number of aryl methyl sites for hydroxylation is 3. The van der Waals surface area contributed by atoms with E-state index in [1.54, 1.807) is 12.5 Å². The smallest absolute Gasteiger partial charge is 0.115 e. The lowest BCUT2D eigenvalue weighted by Crippen LogP contribution is -2.21. The number of nitrogens with zero attached hydrogens (tertiary/aromatic N) is 2. The van der Waals surface area contributed by atoms with Gasteiger partial charge in [0.25, 0.3) is 0 Å². The molecular formula is C16H21N3. The van der Waals surface area contributed by atoms with E-state index in [-0.39, 0.29) is 6.04 Å². The van der Waals surface area contributed by atoms with Gasteiger partial charge in [-0.15, -0.1) is 0 Å². The Hall–Kier alpha value is -1.74. The van der Waals surface area contributed by atoms with E-state index >= 15 is 0 Å². The zero-order chi connectivity index (χ0) is 13.8. The molecule has 1 aromatic heterocycles. The highest BCUT2D eigenvalue weighted by atomic mass is 14.9. The van der Waals surface area contributed by atoms with Gasteiger partial charge in [0.05, 0.1) is 11.7 Å². The number of rotatable bonds is 4. The van der Waals surface area contributed by atoms with Crippen LogP contribution in [0.5, 0.6) is 0 Å². The van der Waals surface area contributed by atoms with Gasteiger partial charge in [-0.2, -0.15) is 0 Å². The van der Waals surface area contributed by atoms with Gasteiger partial charge in [-0.1, -0.05) is 17.7 Å². The molecule has 2 rings (SSSR count). The van der Waals surface area contributed by atoms with Crippen molar-refractivity contribution in [3.8, 4) is 0 Å². The van der Waals surface area contributed by atoms with E-state index in [0.29, 0.717) is 0 Å². The molecule has 0 radical (unpaired) electrons. The van der Waals surface area contributed by atoms with Crippen molar-refractivity contribution >= 4 is 0 Å². The highest BCUT2D eigenvalue weighted by Crippen LogP contribution is 2.22. The minimum atomic E-state index is 0.225. The second-order valence-electron chi connectivity index (χ2n) is 5.06. The van der Waals surface area contributed by atoms with Gasteiger partial charge in [-0.05, 0) is 57.0 Å². The first-order valence-electron chi connectivity index (χ1n) is 6.61. The largest absolute Gasteiger partial charge is 0.311 e. The third-order valence-electron chi connectivity index (χ3n) is 3.56. The fraction of sp³-hybridized carbons (Fsp3) is 0.375. The van der Waals surface area contributed by atoms with Gasteiger partial charge < -0.3 is 5.32 Å². The Bertz CT molecular complexity index is 526. The van der Waals surface area contributed by atoms with Crippen molar-refractivity contribution in [3.63, 3.8) is 0 Å². The number of aromatic nitrogens is 2. The summed E-state index contributed by atoms with van der Waals surface area (Å²) >= 11 is 0. The third-order valence-corrected chi connectivity index (χ3v) is 3.56. The van der Waals surface area contributed by atoms with Crippen LogP contribution in [0.3, 0.4) is 0 Å². The van der Waals surface area contributed by atoms with Gasteiger partial charge >= 0.3 is 0 Å². The second kappa shape index (κ2) is 5.93. The minimum absolute atomic E-state index is 0.225. The number of benzene rings is 1. The number of likely N-dealkylation sites (N-methyl/N-ethyl adjacent to an activating group) is 1.